The number of fused-ring (bicyclic) bond motifs is 1. The number of nitrogens with zero attached hydrogens (tertiary/aromatic N) is 1. The van der Waals surface area contributed by atoms with Gasteiger partial charge in [0.05, 0.1) is 12.5 Å². The zero-order valence-electron chi connectivity index (χ0n) is 12.7. The number of methoxy groups -OCH3 is 1. The zero-order chi connectivity index (χ0) is 15.4. The molecule has 0 atom stereocenters. The third-order valence-electron chi connectivity index (χ3n) is 3.57. The molecular weight excluding hydrogens is 274 g/mol. The van der Waals surface area contributed by atoms with Gasteiger partial charge >= 0.3 is 0 Å². The molecule has 3 rings (SSSR count). The summed E-state index contributed by atoms with van der Waals surface area (Å²) < 4.78 is 7.00. The highest BCUT2D eigenvalue weighted by molar-refractivity contribution is 5.77. The smallest absolute Gasteiger partial charge is 0.265 e. The van der Waals surface area contributed by atoms with Crippen molar-refractivity contribution >= 4 is 23.1 Å². The van der Waals surface area contributed by atoms with Crippen LogP contribution >= 0.6 is 0 Å². The Kier molecular flexibility index (Phi) is 4.05. The maximum atomic E-state index is 5.53. The monoisotopic (exact) mass is 292 g/mol. The number of hydrogen-bond donors (Lipinski definition) is 0. The summed E-state index contributed by atoms with van der Waals surface area (Å²) in [6.07, 6.45) is 4.09. The second kappa shape index (κ2) is 6.31. The number of pyridine rings is 1. The predicted octanol–water partition coefficient (Wildman–Crippen LogP) is 3.36. The first kappa shape index (κ1) is 14.1. The Morgan fingerprint density at radius 2 is 1.59 bits per heavy atom. The molecule has 0 amide bonds. The van der Waals surface area contributed by atoms with Gasteiger partial charge in [0.15, 0.2) is 0 Å². The van der Waals surface area contributed by atoms with Crippen LogP contribution in [0.4, 0.5) is 0 Å². The van der Waals surface area contributed by atoms with Crippen LogP contribution in [0.3, 0.4) is 0 Å². The summed E-state index contributed by atoms with van der Waals surface area (Å²) in [6, 6.07) is 20.2. The number of aromatic nitrogens is 1. The van der Waals surface area contributed by atoms with E-state index in [1.54, 1.807) is 14.2 Å². The van der Waals surface area contributed by atoms with Crippen LogP contribution < -0.4 is 14.3 Å². The van der Waals surface area contributed by atoms with Crippen LogP contribution in [0.2, 0.25) is 0 Å². The highest BCUT2D eigenvalue weighted by Crippen LogP contribution is 2.15. The minimum atomic E-state index is 0.856. The van der Waals surface area contributed by atoms with Crippen LogP contribution in [-0.4, -0.2) is 14.2 Å². The van der Waals surface area contributed by atoms with Gasteiger partial charge in [-0.2, -0.15) is 0 Å². The number of benzene rings is 2. The third-order valence-corrected chi connectivity index (χ3v) is 3.57. The fourth-order valence-corrected chi connectivity index (χ4v) is 2.42. The minimum absolute atomic E-state index is 0.856. The zero-order valence-corrected chi connectivity index (χ0v) is 12.7. The van der Waals surface area contributed by atoms with E-state index in [0.29, 0.717) is 0 Å². The molecule has 0 radical (unpaired) electrons. The lowest BCUT2D eigenvalue weighted by Crippen LogP contribution is -2.44. The molecule has 0 spiro atoms. The average Bonchev–Trinajstić information content (AvgIpc) is 2.59. The van der Waals surface area contributed by atoms with E-state index in [0.717, 1.165) is 27.9 Å². The molecular formula is C19H18NO2+. The van der Waals surface area contributed by atoms with Gasteiger partial charge in [-0.3, -0.25) is 4.84 Å². The van der Waals surface area contributed by atoms with Gasteiger partial charge in [-0.05, 0) is 35.9 Å². The first-order valence-corrected chi connectivity index (χ1v) is 7.12. The third kappa shape index (κ3) is 2.79. The van der Waals surface area contributed by atoms with E-state index >= 15 is 0 Å². The van der Waals surface area contributed by atoms with Crippen molar-refractivity contribution in [3.8, 4) is 5.75 Å². The molecule has 0 aliphatic rings. The van der Waals surface area contributed by atoms with Crippen LogP contribution in [0.1, 0.15) is 11.3 Å². The second-order valence-electron chi connectivity index (χ2n) is 4.90. The number of rotatable bonds is 4. The molecule has 2 aromatic carbocycles. The average molecular weight is 292 g/mol. The predicted molar refractivity (Wildman–Crippen MR) is 88.6 cm³/mol. The topological polar surface area (TPSA) is 22.3 Å². The second-order valence-corrected chi connectivity index (χ2v) is 4.90. The van der Waals surface area contributed by atoms with Crippen molar-refractivity contribution in [1.82, 2.24) is 0 Å². The van der Waals surface area contributed by atoms with Gasteiger partial charge < -0.3 is 4.74 Å². The molecule has 0 aliphatic carbocycles. The fraction of sp³-hybridized carbons (Fsp3) is 0.105. The van der Waals surface area contributed by atoms with Gasteiger partial charge in [-0.25, -0.2) is 0 Å². The van der Waals surface area contributed by atoms with Crippen molar-refractivity contribution in [1.29, 1.82) is 0 Å². The summed E-state index contributed by atoms with van der Waals surface area (Å²) in [6.45, 7) is 0. The first-order chi connectivity index (χ1) is 10.8. The molecule has 0 saturated carbocycles. The van der Waals surface area contributed by atoms with Gasteiger partial charge in [0.1, 0.15) is 12.9 Å². The molecule has 0 bridgehead atoms. The highest BCUT2D eigenvalue weighted by atomic mass is 16.6. The number of hydrogen-bond acceptors (Lipinski definition) is 2. The lowest BCUT2D eigenvalue weighted by Gasteiger charge is -2.01. The number of para-hydroxylation sites is 1. The highest BCUT2D eigenvalue weighted by Gasteiger charge is 2.14. The minimum Gasteiger partial charge on any atom is -0.497 e. The van der Waals surface area contributed by atoms with Gasteiger partial charge in [0, 0.05) is 22.9 Å². The van der Waals surface area contributed by atoms with Crippen LogP contribution in [0.5, 0.6) is 5.75 Å². The van der Waals surface area contributed by atoms with E-state index in [4.69, 9.17) is 9.57 Å². The molecule has 110 valence electrons. The lowest BCUT2D eigenvalue weighted by molar-refractivity contribution is -0.866. The van der Waals surface area contributed by atoms with Gasteiger partial charge in [0.2, 0.25) is 0 Å². The molecule has 22 heavy (non-hydrogen) atoms. The molecule has 1 aromatic heterocycles. The van der Waals surface area contributed by atoms with Crippen molar-refractivity contribution in [2.24, 2.45) is 0 Å². The first-order valence-electron chi connectivity index (χ1n) is 7.12. The Hall–Kier alpha value is -2.81. The normalized spacial score (nSPS) is 11.0. The van der Waals surface area contributed by atoms with Gasteiger partial charge in [-0.1, -0.05) is 24.3 Å². The Balaban J connectivity index is 1.97. The van der Waals surface area contributed by atoms with Crippen molar-refractivity contribution in [3.05, 3.63) is 71.9 Å². The molecule has 3 heteroatoms. The molecule has 0 N–H and O–H groups in total. The summed E-state index contributed by atoms with van der Waals surface area (Å²) >= 11 is 0. The molecule has 1 heterocycles. The van der Waals surface area contributed by atoms with E-state index in [9.17, 15) is 0 Å². The Labute approximate surface area is 130 Å². The van der Waals surface area contributed by atoms with Crippen LogP contribution in [0.15, 0.2) is 60.7 Å². The molecule has 0 fully saturated rings. The van der Waals surface area contributed by atoms with Crippen molar-refractivity contribution < 1.29 is 14.3 Å². The summed E-state index contributed by atoms with van der Waals surface area (Å²) in [5.74, 6) is 0.856. The van der Waals surface area contributed by atoms with Gasteiger partial charge in [0.25, 0.3) is 11.2 Å². The Bertz CT molecular complexity index is 807. The standard InChI is InChI=1S/C19H18NO2/c1-21-18-13-8-15(9-14-18)7-11-17-12-10-16-5-3-4-6-19(16)20(17)22-2/h3-14H,1-2H3/q+1. The van der Waals surface area contributed by atoms with E-state index < -0.39 is 0 Å². The maximum Gasteiger partial charge on any atom is 0.265 e. The lowest BCUT2D eigenvalue weighted by atomic mass is 10.1. The molecule has 0 unspecified atom stereocenters. The molecule has 0 saturated heterocycles. The van der Waals surface area contributed by atoms with E-state index in [1.807, 2.05) is 59.3 Å². The summed E-state index contributed by atoms with van der Waals surface area (Å²) in [7, 11) is 3.35. The molecule has 3 aromatic rings. The van der Waals surface area contributed by atoms with Crippen molar-refractivity contribution in [3.63, 3.8) is 0 Å². The van der Waals surface area contributed by atoms with Crippen molar-refractivity contribution in [2.45, 2.75) is 0 Å². The maximum absolute atomic E-state index is 5.53. The quantitative estimate of drug-likeness (QED) is 0.688. The van der Waals surface area contributed by atoms with Crippen molar-refractivity contribution in [2.75, 3.05) is 14.2 Å². The summed E-state index contributed by atoms with van der Waals surface area (Å²) in [5, 5.41) is 1.14. The van der Waals surface area contributed by atoms with Crippen LogP contribution in [0.25, 0.3) is 23.1 Å². The van der Waals surface area contributed by atoms with E-state index in [1.165, 1.54) is 0 Å². The Morgan fingerprint density at radius 1 is 0.818 bits per heavy atom. The molecule has 3 nitrogen and oxygen atoms in total. The largest absolute Gasteiger partial charge is 0.497 e. The van der Waals surface area contributed by atoms with E-state index in [-0.39, 0.29) is 0 Å². The van der Waals surface area contributed by atoms with Gasteiger partial charge in [-0.15, -0.1) is 0 Å². The SMILES string of the molecule is COc1ccc(C=Cc2ccc3ccccc3[n+]2OC)cc1. The Morgan fingerprint density at radius 3 is 2.32 bits per heavy atom. The van der Waals surface area contributed by atoms with Crippen LogP contribution in [-0.2, 0) is 0 Å². The number of ether oxygens (including phenoxy) is 1. The fourth-order valence-electron chi connectivity index (χ4n) is 2.42. The van der Waals surface area contributed by atoms with E-state index in [2.05, 4.69) is 18.2 Å². The van der Waals surface area contributed by atoms with Crippen LogP contribution in [0, 0.1) is 0 Å². The summed E-state index contributed by atoms with van der Waals surface area (Å²) in [4.78, 5) is 5.53. The summed E-state index contributed by atoms with van der Waals surface area (Å²) in [5.41, 5.74) is 3.13. The molecule has 0 aliphatic heterocycles.